The summed E-state index contributed by atoms with van der Waals surface area (Å²) in [6.07, 6.45) is 7.28. The summed E-state index contributed by atoms with van der Waals surface area (Å²) in [6.45, 7) is 6.00. The van der Waals surface area contributed by atoms with Crippen molar-refractivity contribution in [2.75, 3.05) is 25.0 Å². The molecule has 1 N–H and O–H groups in total. The molecule has 6 nitrogen and oxygen atoms in total. The van der Waals surface area contributed by atoms with E-state index in [1.54, 1.807) is 6.08 Å². The van der Waals surface area contributed by atoms with Crippen molar-refractivity contribution in [3.05, 3.63) is 42.5 Å². The van der Waals surface area contributed by atoms with E-state index in [2.05, 4.69) is 28.0 Å². The Morgan fingerprint density at radius 2 is 2.04 bits per heavy atom. The number of anilines is 1. The molecule has 1 aromatic carbocycles. The minimum atomic E-state index is -0.477. The largest absolute Gasteiger partial charge is 0.438 e. The maximum absolute atomic E-state index is 12.0. The topological polar surface area (TPSA) is 63.2 Å². The minimum absolute atomic E-state index is 0.333. The van der Waals surface area contributed by atoms with Crippen LogP contribution < -0.4 is 5.32 Å². The molecule has 0 aromatic heterocycles. The fourth-order valence-electron chi connectivity index (χ4n) is 4.55. The lowest BCUT2D eigenvalue weighted by Crippen LogP contribution is -2.51. The van der Waals surface area contributed by atoms with Gasteiger partial charge in [0, 0.05) is 37.5 Å². The van der Waals surface area contributed by atoms with Crippen molar-refractivity contribution in [2.24, 2.45) is 5.16 Å². The van der Waals surface area contributed by atoms with Gasteiger partial charge in [-0.2, -0.15) is 0 Å². The van der Waals surface area contributed by atoms with Crippen LogP contribution in [0.4, 0.5) is 10.5 Å². The Morgan fingerprint density at radius 1 is 1.30 bits per heavy atom. The van der Waals surface area contributed by atoms with Crippen LogP contribution >= 0.6 is 0 Å². The number of benzene rings is 1. The Kier molecular flexibility index (Phi) is 5.16. The fraction of sp³-hybridized carbons (Fsp3) is 0.524. The normalized spacial score (nSPS) is 24.5. The van der Waals surface area contributed by atoms with E-state index in [0.717, 1.165) is 68.6 Å². The number of likely N-dealkylation sites (tertiary alicyclic amines) is 1. The van der Waals surface area contributed by atoms with Crippen LogP contribution in [0.5, 0.6) is 0 Å². The Labute approximate surface area is 160 Å². The standard InChI is InChI=1S/C21H27N3O3/c1-2-15-26-23-16-7-9-17(10-8-16)24-13-11-21(12-14-24)18-5-3-4-6-19(18)22-20(25)27-21/h2-6,17H,1,7-15H2,(H,22,25). The monoisotopic (exact) mass is 369 g/mol. The van der Waals surface area contributed by atoms with Gasteiger partial charge in [-0.05, 0) is 31.7 Å². The molecule has 1 aromatic rings. The zero-order chi connectivity index (χ0) is 18.7. The molecule has 1 saturated carbocycles. The molecule has 1 spiro atoms. The summed E-state index contributed by atoms with van der Waals surface area (Å²) in [5.41, 5.74) is 2.68. The average Bonchev–Trinajstić information content (AvgIpc) is 2.69. The van der Waals surface area contributed by atoms with Crippen molar-refractivity contribution in [3.8, 4) is 0 Å². The Morgan fingerprint density at radius 3 is 2.78 bits per heavy atom. The van der Waals surface area contributed by atoms with Gasteiger partial charge in [0.15, 0.2) is 0 Å². The summed E-state index contributed by atoms with van der Waals surface area (Å²) in [7, 11) is 0. The Hall–Kier alpha value is -2.34. The molecule has 1 saturated heterocycles. The molecule has 0 unspecified atom stereocenters. The van der Waals surface area contributed by atoms with Gasteiger partial charge in [0.05, 0.1) is 11.4 Å². The number of hydrogen-bond acceptors (Lipinski definition) is 5. The van der Waals surface area contributed by atoms with Crippen LogP contribution in [0.25, 0.3) is 0 Å². The fourth-order valence-corrected chi connectivity index (χ4v) is 4.55. The first-order chi connectivity index (χ1) is 13.2. The SMILES string of the molecule is C=CCON=C1CCC(N2CCC3(CC2)OC(=O)Nc2ccccc23)CC1. The van der Waals surface area contributed by atoms with Gasteiger partial charge in [0.25, 0.3) is 0 Å². The van der Waals surface area contributed by atoms with Crippen LogP contribution in [0.1, 0.15) is 44.1 Å². The molecule has 1 amide bonds. The first kappa shape index (κ1) is 18.0. The predicted octanol–water partition coefficient (Wildman–Crippen LogP) is 4.04. The lowest BCUT2D eigenvalue weighted by Gasteiger charge is -2.46. The summed E-state index contributed by atoms with van der Waals surface area (Å²) in [5.74, 6) is 0. The molecular weight excluding hydrogens is 342 g/mol. The molecule has 0 radical (unpaired) electrons. The maximum Gasteiger partial charge on any atom is 0.412 e. The van der Waals surface area contributed by atoms with Crippen LogP contribution in [-0.4, -0.2) is 42.4 Å². The first-order valence-electron chi connectivity index (χ1n) is 9.82. The van der Waals surface area contributed by atoms with Gasteiger partial charge in [-0.25, -0.2) is 4.79 Å². The van der Waals surface area contributed by atoms with Crippen molar-refractivity contribution >= 4 is 17.5 Å². The zero-order valence-corrected chi connectivity index (χ0v) is 15.7. The van der Waals surface area contributed by atoms with Gasteiger partial charge in [0.2, 0.25) is 0 Å². The third-order valence-electron chi connectivity index (χ3n) is 5.98. The highest BCUT2D eigenvalue weighted by molar-refractivity contribution is 5.88. The summed E-state index contributed by atoms with van der Waals surface area (Å²) in [4.78, 5) is 19.8. The number of carbonyl (C=O) groups excluding carboxylic acids is 1. The van der Waals surface area contributed by atoms with E-state index in [1.165, 1.54) is 0 Å². The molecule has 4 rings (SSSR count). The van der Waals surface area contributed by atoms with Gasteiger partial charge in [-0.15, -0.1) is 0 Å². The number of ether oxygens (including phenoxy) is 1. The number of fused-ring (bicyclic) bond motifs is 2. The molecule has 144 valence electrons. The Bertz CT molecular complexity index is 728. The number of hydrogen-bond donors (Lipinski definition) is 1. The van der Waals surface area contributed by atoms with Crippen LogP contribution in [-0.2, 0) is 15.2 Å². The summed E-state index contributed by atoms with van der Waals surface area (Å²) >= 11 is 0. The number of para-hydroxylation sites is 1. The smallest absolute Gasteiger partial charge is 0.412 e. The number of piperidine rings is 1. The quantitative estimate of drug-likeness (QED) is 0.494. The molecule has 2 fully saturated rings. The second kappa shape index (κ2) is 7.72. The second-order valence-corrected chi connectivity index (χ2v) is 7.56. The molecule has 1 aliphatic carbocycles. The van der Waals surface area contributed by atoms with Crippen molar-refractivity contribution < 1.29 is 14.4 Å². The summed E-state index contributed by atoms with van der Waals surface area (Å²) < 4.78 is 5.83. The number of rotatable bonds is 4. The van der Waals surface area contributed by atoms with E-state index < -0.39 is 5.60 Å². The van der Waals surface area contributed by atoms with Crippen LogP contribution in [0.2, 0.25) is 0 Å². The number of oxime groups is 1. The van der Waals surface area contributed by atoms with Gasteiger partial charge >= 0.3 is 6.09 Å². The lowest BCUT2D eigenvalue weighted by molar-refractivity contribution is -0.0473. The molecular formula is C21H27N3O3. The molecule has 3 aliphatic rings. The zero-order valence-electron chi connectivity index (χ0n) is 15.7. The summed E-state index contributed by atoms with van der Waals surface area (Å²) in [6, 6.07) is 8.59. The Balaban J connectivity index is 1.37. The van der Waals surface area contributed by atoms with Crippen molar-refractivity contribution in [1.29, 1.82) is 0 Å². The van der Waals surface area contributed by atoms with Gasteiger partial charge in [-0.3, -0.25) is 5.32 Å². The third kappa shape index (κ3) is 3.72. The van der Waals surface area contributed by atoms with E-state index in [9.17, 15) is 4.79 Å². The van der Waals surface area contributed by atoms with Crippen LogP contribution in [0, 0.1) is 0 Å². The molecule has 0 atom stereocenters. The van der Waals surface area contributed by atoms with Gasteiger partial charge < -0.3 is 14.5 Å². The van der Waals surface area contributed by atoms with Crippen molar-refractivity contribution in [3.63, 3.8) is 0 Å². The van der Waals surface area contributed by atoms with E-state index in [-0.39, 0.29) is 6.09 Å². The summed E-state index contributed by atoms with van der Waals surface area (Å²) in [5, 5.41) is 7.04. The van der Waals surface area contributed by atoms with Crippen LogP contribution in [0.15, 0.2) is 42.1 Å². The van der Waals surface area contributed by atoms with Crippen molar-refractivity contribution in [2.45, 2.75) is 50.2 Å². The highest BCUT2D eigenvalue weighted by Crippen LogP contribution is 2.44. The predicted molar refractivity (Wildman–Crippen MR) is 105 cm³/mol. The molecule has 27 heavy (non-hydrogen) atoms. The molecule has 2 heterocycles. The van der Waals surface area contributed by atoms with Crippen LogP contribution in [0.3, 0.4) is 0 Å². The minimum Gasteiger partial charge on any atom is -0.438 e. The maximum atomic E-state index is 12.0. The third-order valence-corrected chi connectivity index (χ3v) is 5.98. The second-order valence-electron chi connectivity index (χ2n) is 7.56. The highest BCUT2D eigenvalue weighted by Gasteiger charge is 2.45. The van der Waals surface area contributed by atoms with E-state index in [1.807, 2.05) is 18.2 Å². The average molecular weight is 369 g/mol. The first-order valence-corrected chi connectivity index (χ1v) is 9.82. The highest BCUT2D eigenvalue weighted by atomic mass is 16.6. The molecule has 0 bridgehead atoms. The van der Waals surface area contributed by atoms with E-state index in [4.69, 9.17) is 9.57 Å². The molecule has 2 aliphatic heterocycles. The molecule has 6 heteroatoms. The number of amides is 1. The van der Waals surface area contributed by atoms with Crippen molar-refractivity contribution in [1.82, 2.24) is 4.90 Å². The van der Waals surface area contributed by atoms with E-state index in [0.29, 0.717) is 12.6 Å². The lowest BCUT2D eigenvalue weighted by atomic mass is 9.81. The van der Waals surface area contributed by atoms with Gasteiger partial charge in [-0.1, -0.05) is 36.0 Å². The van der Waals surface area contributed by atoms with Gasteiger partial charge in [0.1, 0.15) is 12.2 Å². The number of nitrogens with zero attached hydrogens (tertiary/aromatic N) is 2. The van der Waals surface area contributed by atoms with E-state index >= 15 is 0 Å². The number of nitrogens with one attached hydrogen (secondary N) is 1. The number of carbonyl (C=O) groups is 1.